The minimum Gasteiger partial charge on any atom is -0.459 e. The highest BCUT2D eigenvalue weighted by Crippen LogP contribution is 2.45. The maximum Gasteiger partial charge on any atom is 0.231 e. The molecule has 0 bridgehead atoms. The largest absolute Gasteiger partial charge is 0.459 e. The van der Waals surface area contributed by atoms with Gasteiger partial charge in [-0.25, -0.2) is 0 Å². The lowest BCUT2D eigenvalue weighted by Crippen LogP contribution is -2.29. The van der Waals surface area contributed by atoms with Crippen LogP contribution in [0.1, 0.15) is 23.5 Å². The average molecular weight is 510 g/mol. The molecule has 1 fully saturated rings. The minimum absolute atomic E-state index is 0.199. The molecule has 2 aromatic carbocycles. The van der Waals surface area contributed by atoms with Crippen molar-refractivity contribution in [2.24, 2.45) is 0 Å². The van der Waals surface area contributed by atoms with Crippen LogP contribution in [0.15, 0.2) is 77.3 Å². The van der Waals surface area contributed by atoms with Gasteiger partial charge in [-0.3, -0.25) is 4.98 Å². The molecular weight excluding hydrogens is 493 g/mol. The van der Waals surface area contributed by atoms with E-state index in [1.54, 1.807) is 18.3 Å². The van der Waals surface area contributed by atoms with Gasteiger partial charge in [-0.1, -0.05) is 29.3 Å². The van der Waals surface area contributed by atoms with Crippen molar-refractivity contribution in [3.63, 3.8) is 0 Å². The van der Waals surface area contributed by atoms with Crippen LogP contribution in [0.3, 0.4) is 0 Å². The Morgan fingerprint density at radius 2 is 1.85 bits per heavy atom. The number of benzene rings is 2. The van der Waals surface area contributed by atoms with Gasteiger partial charge in [-0.2, -0.15) is 0 Å². The molecular formula is C25H17Cl2N3O3S. The molecule has 0 saturated carbocycles. The lowest BCUT2D eigenvalue weighted by molar-refractivity contribution is 0.174. The van der Waals surface area contributed by atoms with E-state index in [0.717, 1.165) is 16.9 Å². The van der Waals surface area contributed by atoms with Crippen LogP contribution in [0.25, 0.3) is 11.3 Å². The fraction of sp³-hybridized carbons (Fsp3) is 0.120. The number of nitrogens with one attached hydrogen (secondary N) is 1. The van der Waals surface area contributed by atoms with Crippen LogP contribution in [0.2, 0.25) is 10.0 Å². The first kappa shape index (κ1) is 21.3. The molecule has 4 aromatic rings. The van der Waals surface area contributed by atoms with Crippen LogP contribution in [0.4, 0.5) is 5.69 Å². The number of aromatic nitrogens is 1. The van der Waals surface area contributed by atoms with E-state index in [0.29, 0.717) is 38.2 Å². The van der Waals surface area contributed by atoms with Crippen LogP contribution in [0, 0.1) is 0 Å². The molecule has 0 radical (unpaired) electrons. The van der Waals surface area contributed by atoms with Crippen LogP contribution in [0.5, 0.6) is 11.5 Å². The Labute approximate surface area is 211 Å². The Balaban J connectivity index is 1.45. The van der Waals surface area contributed by atoms with E-state index in [1.807, 2.05) is 59.5 Å². The van der Waals surface area contributed by atoms with Gasteiger partial charge in [0.05, 0.1) is 16.8 Å². The van der Waals surface area contributed by atoms with Crippen molar-refractivity contribution in [1.29, 1.82) is 0 Å². The number of fused-ring (bicyclic) bond motifs is 1. The maximum atomic E-state index is 6.44. The summed E-state index contributed by atoms with van der Waals surface area (Å²) in [6.45, 7) is 0.199. The second-order valence-electron chi connectivity index (χ2n) is 7.86. The fourth-order valence-electron chi connectivity index (χ4n) is 4.30. The summed E-state index contributed by atoms with van der Waals surface area (Å²) < 4.78 is 17.4. The van der Waals surface area contributed by atoms with Gasteiger partial charge < -0.3 is 24.1 Å². The van der Waals surface area contributed by atoms with Crippen LogP contribution in [-0.4, -0.2) is 16.9 Å². The summed E-state index contributed by atoms with van der Waals surface area (Å²) in [7, 11) is 0. The molecule has 4 heterocycles. The average Bonchev–Trinajstić information content (AvgIpc) is 3.57. The number of furan rings is 1. The highest BCUT2D eigenvalue weighted by atomic mass is 35.5. The van der Waals surface area contributed by atoms with Gasteiger partial charge >= 0.3 is 0 Å². The number of ether oxygens (including phenoxy) is 2. The highest BCUT2D eigenvalue weighted by molar-refractivity contribution is 7.80. The smallest absolute Gasteiger partial charge is 0.231 e. The van der Waals surface area contributed by atoms with E-state index < -0.39 is 0 Å². The summed E-state index contributed by atoms with van der Waals surface area (Å²) in [5.74, 6) is 2.73. The van der Waals surface area contributed by atoms with E-state index in [2.05, 4.69) is 10.3 Å². The first-order valence-corrected chi connectivity index (χ1v) is 11.7. The number of hydrogen-bond acceptors (Lipinski definition) is 5. The van der Waals surface area contributed by atoms with Gasteiger partial charge in [0.1, 0.15) is 17.6 Å². The first-order valence-electron chi connectivity index (χ1n) is 10.5. The zero-order valence-electron chi connectivity index (χ0n) is 17.6. The lowest BCUT2D eigenvalue weighted by Gasteiger charge is -2.26. The predicted octanol–water partition coefficient (Wildman–Crippen LogP) is 6.55. The second kappa shape index (κ2) is 8.51. The van der Waals surface area contributed by atoms with Crippen LogP contribution in [-0.2, 0) is 0 Å². The number of nitrogens with zero attached hydrogens (tertiary/aromatic N) is 2. The Hall–Kier alpha value is -3.26. The number of pyridine rings is 1. The molecule has 2 aliphatic rings. The van der Waals surface area contributed by atoms with E-state index in [1.165, 1.54) is 0 Å². The SMILES string of the molecule is S=C1NC(c2ccccn2)C(c2ccc(-c3ccc(Cl)cc3Cl)o2)N1c1ccc2c(c1)OCO2. The predicted molar refractivity (Wildman–Crippen MR) is 135 cm³/mol. The van der Waals surface area contributed by atoms with E-state index in [9.17, 15) is 0 Å². The van der Waals surface area contributed by atoms with E-state index in [-0.39, 0.29) is 18.9 Å². The zero-order valence-corrected chi connectivity index (χ0v) is 19.9. The number of rotatable bonds is 4. The van der Waals surface area contributed by atoms with Crippen molar-refractivity contribution >= 4 is 46.2 Å². The van der Waals surface area contributed by atoms with Gasteiger partial charge in [0, 0.05) is 28.5 Å². The topological polar surface area (TPSA) is 59.8 Å². The van der Waals surface area contributed by atoms with E-state index in [4.69, 9.17) is 49.3 Å². The van der Waals surface area contributed by atoms with Crippen LogP contribution >= 0.6 is 35.4 Å². The Morgan fingerprint density at radius 1 is 0.971 bits per heavy atom. The monoisotopic (exact) mass is 509 g/mol. The van der Waals surface area contributed by atoms with Gasteiger partial charge in [-0.05, 0) is 66.8 Å². The molecule has 6 nitrogen and oxygen atoms in total. The Kier molecular flexibility index (Phi) is 5.32. The molecule has 1 saturated heterocycles. The van der Waals surface area contributed by atoms with Crippen molar-refractivity contribution in [3.05, 3.63) is 94.4 Å². The third-order valence-electron chi connectivity index (χ3n) is 5.85. The molecule has 0 spiro atoms. The molecule has 2 atom stereocenters. The van der Waals surface area contributed by atoms with Crippen molar-refractivity contribution in [1.82, 2.24) is 10.3 Å². The zero-order chi connectivity index (χ0) is 23.2. The number of hydrogen-bond donors (Lipinski definition) is 1. The standard InChI is InChI=1S/C25H17Cl2N3O3S/c26-14-4-6-16(17(27)11-14)19-8-9-21(33-19)24-23(18-3-1-2-10-28-18)29-25(34)30(24)15-5-7-20-22(12-15)32-13-31-20/h1-12,23-24H,13H2,(H,29,34). The van der Waals surface area contributed by atoms with Gasteiger partial charge in [0.15, 0.2) is 16.6 Å². The Bertz CT molecular complexity index is 1400. The Morgan fingerprint density at radius 3 is 2.68 bits per heavy atom. The number of halogens is 2. The molecule has 0 amide bonds. The molecule has 170 valence electrons. The molecule has 34 heavy (non-hydrogen) atoms. The van der Waals surface area contributed by atoms with Gasteiger partial charge in [0.2, 0.25) is 6.79 Å². The molecule has 9 heteroatoms. The summed E-state index contributed by atoms with van der Waals surface area (Å²) in [5.41, 5.74) is 2.46. The molecule has 1 N–H and O–H groups in total. The van der Waals surface area contributed by atoms with Crippen molar-refractivity contribution in [3.8, 4) is 22.8 Å². The second-order valence-corrected chi connectivity index (χ2v) is 9.09. The summed E-state index contributed by atoms with van der Waals surface area (Å²) in [4.78, 5) is 6.59. The maximum absolute atomic E-state index is 6.44. The molecule has 2 unspecified atom stereocenters. The van der Waals surface area contributed by atoms with Crippen molar-refractivity contribution in [2.45, 2.75) is 12.1 Å². The molecule has 6 rings (SSSR count). The quantitative estimate of drug-likeness (QED) is 0.312. The normalized spacial score (nSPS) is 18.9. The molecule has 2 aromatic heterocycles. The van der Waals surface area contributed by atoms with E-state index >= 15 is 0 Å². The molecule has 0 aliphatic carbocycles. The van der Waals surface area contributed by atoms with Gasteiger partial charge in [0.25, 0.3) is 0 Å². The third kappa shape index (κ3) is 3.66. The summed E-state index contributed by atoms with van der Waals surface area (Å²) in [6, 6.07) is 20.2. The third-order valence-corrected chi connectivity index (χ3v) is 6.71. The minimum atomic E-state index is -0.303. The van der Waals surface area contributed by atoms with Crippen molar-refractivity contribution in [2.75, 3.05) is 11.7 Å². The summed E-state index contributed by atoms with van der Waals surface area (Å²) >= 11 is 18.3. The first-order chi connectivity index (χ1) is 16.6. The fourth-order valence-corrected chi connectivity index (χ4v) is 5.15. The summed E-state index contributed by atoms with van der Waals surface area (Å²) in [6.07, 6.45) is 1.77. The number of anilines is 1. The molecule has 2 aliphatic heterocycles. The highest BCUT2D eigenvalue weighted by Gasteiger charge is 2.43. The summed E-state index contributed by atoms with van der Waals surface area (Å²) in [5, 5.41) is 5.06. The van der Waals surface area contributed by atoms with Crippen molar-refractivity contribution < 1.29 is 13.9 Å². The van der Waals surface area contributed by atoms with Crippen LogP contribution < -0.4 is 19.7 Å². The lowest BCUT2D eigenvalue weighted by atomic mass is 10.0. The number of thiocarbonyl (C=S) groups is 1. The van der Waals surface area contributed by atoms with Gasteiger partial charge in [-0.15, -0.1) is 0 Å².